The Balaban J connectivity index is 1.37. The molecule has 0 aromatic heterocycles. The molecule has 0 saturated carbocycles. The van der Waals surface area contributed by atoms with Crippen LogP contribution < -0.4 is 9.47 Å². The fourth-order valence-electron chi connectivity index (χ4n) is 4.91. The molecule has 0 spiro atoms. The van der Waals surface area contributed by atoms with E-state index in [1.165, 1.54) is 27.8 Å². The Morgan fingerprint density at radius 1 is 0.605 bits per heavy atom. The maximum Gasteiger partial charge on any atom is 0.142 e. The molecule has 0 unspecified atom stereocenters. The van der Waals surface area contributed by atoms with Gasteiger partial charge in [-0.1, -0.05) is 61.5 Å². The van der Waals surface area contributed by atoms with Crippen LogP contribution in [0.4, 0.5) is 0 Å². The fraction of sp³-hybridized carbons (Fsp3) is 0.375. The molecule has 0 amide bonds. The van der Waals surface area contributed by atoms with Crippen LogP contribution in [0.5, 0.6) is 11.5 Å². The summed E-state index contributed by atoms with van der Waals surface area (Å²) >= 11 is 0. The molecule has 2 heterocycles. The third-order valence-electron chi connectivity index (χ3n) is 7.10. The van der Waals surface area contributed by atoms with Crippen molar-refractivity contribution in [1.29, 1.82) is 0 Å². The highest BCUT2D eigenvalue weighted by atomic mass is 16.5. The molecule has 0 radical (unpaired) electrons. The number of benzene rings is 3. The molecule has 6 nitrogen and oxygen atoms in total. The summed E-state index contributed by atoms with van der Waals surface area (Å²) in [5.41, 5.74) is 6.14. The Morgan fingerprint density at radius 3 is 1.47 bits per heavy atom. The van der Waals surface area contributed by atoms with Gasteiger partial charge in [0.15, 0.2) is 0 Å². The van der Waals surface area contributed by atoms with Crippen LogP contribution in [0.15, 0.2) is 78.9 Å². The molecule has 3 aromatic rings. The Bertz CT molecular complexity index is 1080. The Kier molecular flexibility index (Phi) is 9.45. The lowest BCUT2D eigenvalue weighted by molar-refractivity contribution is 0.00407. The minimum atomic E-state index is 0.585. The van der Waals surface area contributed by atoms with Gasteiger partial charge in [-0.25, -0.2) is 0 Å². The van der Waals surface area contributed by atoms with E-state index in [1.54, 1.807) is 0 Å². The Morgan fingerprint density at radius 2 is 1.05 bits per heavy atom. The van der Waals surface area contributed by atoms with Crippen molar-refractivity contribution in [3.63, 3.8) is 0 Å². The van der Waals surface area contributed by atoms with Crippen LogP contribution in [-0.2, 0) is 9.47 Å². The topological polar surface area (TPSA) is 43.4 Å². The quantitative estimate of drug-likeness (QED) is 0.338. The lowest BCUT2D eigenvalue weighted by Gasteiger charge is -2.26. The molecule has 2 aliphatic heterocycles. The van der Waals surface area contributed by atoms with Gasteiger partial charge in [0.1, 0.15) is 25.0 Å². The van der Waals surface area contributed by atoms with Crippen LogP contribution in [0, 0.1) is 0 Å². The van der Waals surface area contributed by atoms with E-state index >= 15 is 0 Å². The average Bonchev–Trinajstić information content (AvgIpc) is 3.00. The van der Waals surface area contributed by atoms with E-state index in [2.05, 4.69) is 95.6 Å². The second-order valence-electron chi connectivity index (χ2n) is 9.63. The van der Waals surface area contributed by atoms with E-state index in [9.17, 15) is 0 Å². The van der Waals surface area contributed by atoms with Crippen molar-refractivity contribution in [2.45, 2.75) is 13.3 Å². The third kappa shape index (κ3) is 7.03. The summed E-state index contributed by atoms with van der Waals surface area (Å²) in [4.78, 5) is 4.55. The molecule has 2 saturated heterocycles. The predicted molar refractivity (Wildman–Crippen MR) is 151 cm³/mol. The number of morpholine rings is 2. The summed E-state index contributed by atoms with van der Waals surface area (Å²) in [5.74, 6) is 1.76. The summed E-state index contributed by atoms with van der Waals surface area (Å²) < 4.78 is 23.0. The molecular formula is C32H38N2O4. The molecule has 2 fully saturated rings. The smallest absolute Gasteiger partial charge is 0.142 e. The SMILES string of the molecule is CCC(=C(c1ccc(OCN2CCOCC2)cc1)c1ccc(OCN2CCOCC2)cc1)c1ccccc1. The first-order chi connectivity index (χ1) is 18.8. The molecule has 0 N–H and O–H groups in total. The van der Waals surface area contributed by atoms with Crippen molar-refractivity contribution < 1.29 is 18.9 Å². The van der Waals surface area contributed by atoms with E-state index in [0.29, 0.717) is 13.5 Å². The fourth-order valence-corrected chi connectivity index (χ4v) is 4.91. The second kappa shape index (κ2) is 13.6. The first-order valence-corrected chi connectivity index (χ1v) is 13.7. The number of nitrogens with zero attached hydrogens (tertiary/aromatic N) is 2. The van der Waals surface area contributed by atoms with E-state index < -0.39 is 0 Å². The largest absolute Gasteiger partial charge is 0.478 e. The molecule has 3 aromatic carbocycles. The molecule has 6 heteroatoms. The van der Waals surface area contributed by atoms with Crippen molar-refractivity contribution in [1.82, 2.24) is 9.80 Å². The van der Waals surface area contributed by atoms with Gasteiger partial charge in [-0.2, -0.15) is 0 Å². The number of rotatable bonds is 10. The maximum absolute atomic E-state index is 6.08. The standard InChI is InChI=1S/C32H38N2O4/c1-2-31(26-6-4-3-5-7-26)32(27-8-12-29(13-9-27)37-24-33-16-20-35-21-17-33)28-10-14-30(15-11-28)38-25-34-18-22-36-23-19-34/h3-15H,2,16-25H2,1H3. The zero-order chi connectivity index (χ0) is 26.0. The number of hydrogen-bond donors (Lipinski definition) is 0. The van der Waals surface area contributed by atoms with Gasteiger partial charge in [-0.05, 0) is 58.5 Å². The van der Waals surface area contributed by atoms with Crippen molar-refractivity contribution in [3.05, 3.63) is 95.6 Å². The minimum Gasteiger partial charge on any atom is -0.478 e. The van der Waals surface area contributed by atoms with Gasteiger partial charge in [0.2, 0.25) is 0 Å². The molecule has 38 heavy (non-hydrogen) atoms. The predicted octanol–water partition coefficient (Wildman–Crippen LogP) is 5.39. The number of hydrogen-bond acceptors (Lipinski definition) is 6. The van der Waals surface area contributed by atoms with Gasteiger partial charge >= 0.3 is 0 Å². The molecular weight excluding hydrogens is 476 g/mol. The van der Waals surface area contributed by atoms with Gasteiger partial charge < -0.3 is 18.9 Å². The van der Waals surface area contributed by atoms with E-state index in [4.69, 9.17) is 18.9 Å². The molecule has 2 aliphatic rings. The molecule has 0 bridgehead atoms. The van der Waals surface area contributed by atoms with Crippen LogP contribution in [0.3, 0.4) is 0 Å². The van der Waals surface area contributed by atoms with Crippen LogP contribution in [-0.4, -0.2) is 75.9 Å². The highest BCUT2D eigenvalue weighted by Gasteiger charge is 2.15. The van der Waals surface area contributed by atoms with E-state index in [0.717, 1.165) is 70.5 Å². The van der Waals surface area contributed by atoms with E-state index in [-0.39, 0.29) is 0 Å². The maximum atomic E-state index is 6.08. The van der Waals surface area contributed by atoms with E-state index in [1.807, 2.05) is 0 Å². The summed E-state index contributed by atoms with van der Waals surface area (Å²) in [5, 5.41) is 0. The Hall–Kier alpha value is -3.16. The zero-order valence-electron chi connectivity index (χ0n) is 22.3. The normalized spacial score (nSPS) is 16.7. The van der Waals surface area contributed by atoms with Crippen LogP contribution in [0.1, 0.15) is 30.0 Å². The molecule has 5 rings (SSSR count). The third-order valence-corrected chi connectivity index (χ3v) is 7.10. The highest BCUT2D eigenvalue weighted by Crippen LogP contribution is 2.35. The summed E-state index contributed by atoms with van der Waals surface area (Å²) in [6.07, 6.45) is 0.921. The van der Waals surface area contributed by atoms with Crippen molar-refractivity contribution in [2.75, 3.05) is 66.1 Å². The van der Waals surface area contributed by atoms with Gasteiger partial charge in [0, 0.05) is 26.2 Å². The van der Waals surface area contributed by atoms with Crippen molar-refractivity contribution in [3.8, 4) is 11.5 Å². The minimum absolute atomic E-state index is 0.585. The first kappa shape index (κ1) is 26.4. The average molecular weight is 515 g/mol. The first-order valence-electron chi connectivity index (χ1n) is 13.7. The van der Waals surface area contributed by atoms with Crippen molar-refractivity contribution in [2.24, 2.45) is 0 Å². The van der Waals surface area contributed by atoms with Gasteiger partial charge in [0.25, 0.3) is 0 Å². The zero-order valence-corrected chi connectivity index (χ0v) is 22.3. The molecule has 0 aliphatic carbocycles. The lowest BCUT2D eigenvalue weighted by atomic mass is 9.88. The second-order valence-corrected chi connectivity index (χ2v) is 9.63. The monoisotopic (exact) mass is 514 g/mol. The highest BCUT2D eigenvalue weighted by molar-refractivity contribution is 5.98. The molecule has 0 atom stereocenters. The van der Waals surface area contributed by atoms with Gasteiger partial charge in [0.05, 0.1) is 26.4 Å². The molecule has 200 valence electrons. The van der Waals surface area contributed by atoms with Crippen LogP contribution >= 0.6 is 0 Å². The van der Waals surface area contributed by atoms with Crippen molar-refractivity contribution >= 4 is 11.1 Å². The van der Waals surface area contributed by atoms with Gasteiger partial charge in [-0.15, -0.1) is 0 Å². The van der Waals surface area contributed by atoms with Crippen LogP contribution in [0.25, 0.3) is 11.1 Å². The summed E-state index contributed by atoms with van der Waals surface area (Å²) in [7, 11) is 0. The number of allylic oxidation sites excluding steroid dienone is 1. The van der Waals surface area contributed by atoms with Crippen LogP contribution in [0.2, 0.25) is 0 Å². The summed E-state index contributed by atoms with van der Waals surface area (Å²) in [6.45, 7) is 10.1. The Labute approximate surface area is 226 Å². The summed E-state index contributed by atoms with van der Waals surface area (Å²) in [6, 6.07) is 27.7. The lowest BCUT2D eigenvalue weighted by Crippen LogP contribution is -2.38. The number of ether oxygens (including phenoxy) is 4. The van der Waals surface area contributed by atoms with Gasteiger partial charge in [-0.3, -0.25) is 9.80 Å².